The summed E-state index contributed by atoms with van der Waals surface area (Å²) in [5.41, 5.74) is 4.38. The zero-order valence-corrected chi connectivity index (χ0v) is 16.1. The van der Waals surface area contributed by atoms with Crippen molar-refractivity contribution in [1.82, 2.24) is 10.9 Å². The van der Waals surface area contributed by atoms with Gasteiger partial charge in [0.2, 0.25) is 0 Å². The summed E-state index contributed by atoms with van der Waals surface area (Å²) in [7, 11) is 0. The van der Waals surface area contributed by atoms with Gasteiger partial charge < -0.3 is 10.2 Å². The quantitative estimate of drug-likeness (QED) is 0.231. The molecule has 2 aromatic rings. The molecule has 0 aliphatic carbocycles. The third-order valence-electron chi connectivity index (χ3n) is 3.82. The molecule has 2 atom stereocenters. The molecular formula is C18H16N6O8. The van der Waals surface area contributed by atoms with E-state index >= 15 is 0 Å². The summed E-state index contributed by atoms with van der Waals surface area (Å²) >= 11 is 0. The van der Waals surface area contributed by atoms with Crippen LogP contribution in [0.2, 0.25) is 0 Å². The standard InChI is InChI=1S/C18H16N6O8/c25-15(17(27)21-19-9-11-1-5-13(6-2-11)23(29)30)16(26)18(28)22-20-10-12-3-7-14(8-4-12)24(31)32/h1-10,15-16,25-26H,(H,21,27)(H,22,28)/b19-9+,20-10+/t15-,16-/m1/s1. The Kier molecular flexibility index (Phi) is 8.15. The van der Waals surface area contributed by atoms with Crippen LogP contribution in [0.15, 0.2) is 58.7 Å². The van der Waals surface area contributed by atoms with Crippen LogP contribution in [0.3, 0.4) is 0 Å². The Balaban J connectivity index is 1.84. The van der Waals surface area contributed by atoms with Crippen molar-refractivity contribution >= 4 is 35.6 Å². The van der Waals surface area contributed by atoms with Gasteiger partial charge in [-0.2, -0.15) is 10.2 Å². The largest absolute Gasteiger partial charge is 0.380 e. The molecule has 0 aromatic heterocycles. The number of carbonyl (C=O) groups is 2. The highest BCUT2D eigenvalue weighted by Gasteiger charge is 2.30. The van der Waals surface area contributed by atoms with Crippen LogP contribution in [0, 0.1) is 20.2 Å². The fourth-order valence-corrected chi connectivity index (χ4v) is 2.12. The first kappa shape index (κ1) is 23.7. The number of hydrogen-bond acceptors (Lipinski definition) is 10. The third-order valence-corrected chi connectivity index (χ3v) is 3.82. The fourth-order valence-electron chi connectivity index (χ4n) is 2.12. The molecule has 0 saturated heterocycles. The number of aliphatic hydroxyl groups excluding tert-OH is 2. The van der Waals surface area contributed by atoms with Crippen LogP contribution >= 0.6 is 0 Å². The molecule has 32 heavy (non-hydrogen) atoms. The molecule has 0 radical (unpaired) electrons. The first-order chi connectivity index (χ1) is 15.2. The molecule has 0 heterocycles. The summed E-state index contributed by atoms with van der Waals surface area (Å²) < 4.78 is 0. The smallest absolute Gasteiger partial charge is 0.272 e. The van der Waals surface area contributed by atoms with Crippen LogP contribution in [0.25, 0.3) is 0 Å². The first-order valence-electron chi connectivity index (χ1n) is 8.70. The minimum Gasteiger partial charge on any atom is -0.380 e. The van der Waals surface area contributed by atoms with Gasteiger partial charge in [-0.1, -0.05) is 0 Å². The van der Waals surface area contributed by atoms with E-state index in [1.54, 1.807) is 0 Å². The minimum absolute atomic E-state index is 0.132. The van der Waals surface area contributed by atoms with Gasteiger partial charge in [0, 0.05) is 24.3 Å². The summed E-state index contributed by atoms with van der Waals surface area (Å²) in [4.78, 5) is 43.6. The number of nitrogens with one attached hydrogen (secondary N) is 2. The summed E-state index contributed by atoms with van der Waals surface area (Å²) in [6.45, 7) is 0. The Labute approximate surface area is 179 Å². The van der Waals surface area contributed by atoms with E-state index in [9.17, 15) is 40.0 Å². The summed E-state index contributed by atoms with van der Waals surface area (Å²) in [5.74, 6) is -2.38. The number of nitrogens with zero attached hydrogens (tertiary/aromatic N) is 4. The summed E-state index contributed by atoms with van der Waals surface area (Å²) in [5, 5.41) is 47.7. The molecule has 4 N–H and O–H groups in total. The lowest BCUT2D eigenvalue weighted by Gasteiger charge is -2.14. The Hall–Kier alpha value is -4.56. The van der Waals surface area contributed by atoms with Crippen LogP contribution in [0.5, 0.6) is 0 Å². The van der Waals surface area contributed by atoms with E-state index in [4.69, 9.17) is 0 Å². The molecule has 0 saturated carbocycles. The SMILES string of the molecule is O=C(N/N=C/c1ccc([N+](=O)[O-])cc1)[C@H](O)[C@@H](O)C(=O)N/N=C/c1ccc([N+](=O)[O-])cc1. The van der Waals surface area contributed by atoms with Crippen LogP contribution < -0.4 is 10.9 Å². The lowest BCUT2D eigenvalue weighted by molar-refractivity contribution is -0.385. The molecule has 0 fully saturated rings. The molecule has 0 bridgehead atoms. The number of nitro groups is 2. The van der Waals surface area contributed by atoms with E-state index < -0.39 is 33.9 Å². The van der Waals surface area contributed by atoms with Gasteiger partial charge in [0.05, 0.1) is 22.3 Å². The van der Waals surface area contributed by atoms with E-state index in [1.807, 2.05) is 10.9 Å². The second-order valence-electron chi connectivity index (χ2n) is 6.06. The van der Waals surface area contributed by atoms with Crippen molar-refractivity contribution in [3.63, 3.8) is 0 Å². The maximum Gasteiger partial charge on any atom is 0.272 e. The predicted molar refractivity (Wildman–Crippen MR) is 110 cm³/mol. The normalized spacial score (nSPS) is 12.9. The van der Waals surface area contributed by atoms with Crippen LogP contribution in [0.4, 0.5) is 11.4 Å². The van der Waals surface area contributed by atoms with E-state index in [0.717, 1.165) is 12.4 Å². The number of nitro benzene ring substituents is 2. The van der Waals surface area contributed by atoms with Gasteiger partial charge in [-0.25, -0.2) is 10.9 Å². The summed E-state index contributed by atoms with van der Waals surface area (Å²) in [6, 6.07) is 10.4. The van der Waals surface area contributed by atoms with Crippen molar-refractivity contribution < 1.29 is 29.6 Å². The average molecular weight is 444 g/mol. The highest BCUT2D eigenvalue weighted by Crippen LogP contribution is 2.11. The third kappa shape index (κ3) is 6.75. The Morgan fingerprint density at radius 1 is 0.750 bits per heavy atom. The molecule has 0 aliphatic rings. The number of non-ortho nitro benzene ring substituents is 2. The van der Waals surface area contributed by atoms with Crippen molar-refractivity contribution in [3.05, 3.63) is 79.9 Å². The van der Waals surface area contributed by atoms with Gasteiger partial charge >= 0.3 is 0 Å². The van der Waals surface area contributed by atoms with E-state index in [0.29, 0.717) is 11.1 Å². The molecule has 166 valence electrons. The molecule has 2 amide bonds. The van der Waals surface area contributed by atoms with E-state index in [1.165, 1.54) is 48.5 Å². The number of hydrazone groups is 2. The molecule has 0 aliphatic heterocycles. The van der Waals surface area contributed by atoms with Gasteiger partial charge in [-0.3, -0.25) is 29.8 Å². The molecule has 0 unspecified atom stereocenters. The lowest BCUT2D eigenvalue weighted by atomic mass is 10.2. The number of amides is 2. The fraction of sp³-hybridized carbons (Fsp3) is 0.111. The maximum atomic E-state index is 11.8. The molecule has 2 rings (SSSR count). The zero-order chi connectivity index (χ0) is 23.7. The van der Waals surface area contributed by atoms with Gasteiger partial charge in [0.15, 0.2) is 12.2 Å². The topological polar surface area (TPSA) is 210 Å². The number of aliphatic hydroxyl groups is 2. The Bertz CT molecular complexity index is 967. The maximum absolute atomic E-state index is 11.8. The molecule has 2 aromatic carbocycles. The van der Waals surface area contributed by atoms with Crippen molar-refractivity contribution in [2.24, 2.45) is 10.2 Å². The lowest BCUT2D eigenvalue weighted by Crippen LogP contribution is -2.47. The zero-order valence-electron chi connectivity index (χ0n) is 16.1. The number of benzene rings is 2. The molecule has 14 heteroatoms. The van der Waals surface area contributed by atoms with Crippen molar-refractivity contribution in [1.29, 1.82) is 0 Å². The second-order valence-corrected chi connectivity index (χ2v) is 6.06. The van der Waals surface area contributed by atoms with Gasteiger partial charge in [-0.05, 0) is 35.4 Å². The Morgan fingerprint density at radius 3 is 1.34 bits per heavy atom. The number of hydrogen-bond donors (Lipinski definition) is 4. The molecule has 0 spiro atoms. The van der Waals surface area contributed by atoms with Crippen LogP contribution in [-0.4, -0.2) is 56.5 Å². The monoisotopic (exact) mass is 444 g/mol. The van der Waals surface area contributed by atoms with Crippen molar-refractivity contribution in [3.8, 4) is 0 Å². The van der Waals surface area contributed by atoms with Gasteiger partial charge in [0.1, 0.15) is 0 Å². The summed E-state index contributed by atoms with van der Waals surface area (Å²) in [6.07, 6.45) is -2.07. The Morgan fingerprint density at radius 2 is 1.06 bits per heavy atom. The van der Waals surface area contributed by atoms with Crippen LogP contribution in [-0.2, 0) is 9.59 Å². The van der Waals surface area contributed by atoms with E-state index in [-0.39, 0.29) is 11.4 Å². The molecule has 14 nitrogen and oxygen atoms in total. The minimum atomic E-state index is -2.17. The van der Waals surface area contributed by atoms with Gasteiger partial charge in [0.25, 0.3) is 23.2 Å². The number of rotatable bonds is 9. The average Bonchev–Trinajstić information content (AvgIpc) is 2.78. The number of carbonyl (C=O) groups excluding carboxylic acids is 2. The van der Waals surface area contributed by atoms with Crippen molar-refractivity contribution in [2.45, 2.75) is 12.2 Å². The second kappa shape index (κ2) is 11.0. The van der Waals surface area contributed by atoms with Crippen molar-refractivity contribution in [2.75, 3.05) is 0 Å². The van der Waals surface area contributed by atoms with Crippen LogP contribution in [0.1, 0.15) is 11.1 Å². The molecular weight excluding hydrogens is 428 g/mol. The highest BCUT2D eigenvalue weighted by molar-refractivity contribution is 5.92. The predicted octanol–water partition coefficient (Wildman–Crippen LogP) is -0.175. The van der Waals surface area contributed by atoms with Gasteiger partial charge in [-0.15, -0.1) is 0 Å². The first-order valence-corrected chi connectivity index (χ1v) is 8.70. The highest BCUT2D eigenvalue weighted by atomic mass is 16.6. The van der Waals surface area contributed by atoms with E-state index in [2.05, 4.69) is 10.2 Å².